The fraction of sp³-hybridized carbons (Fsp3) is 0.467. The lowest BCUT2D eigenvalue weighted by atomic mass is 10.0. The van der Waals surface area contributed by atoms with E-state index >= 15 is 0 Å². The second-order valence-electron chi connectivity index (χ2n) is 5.74. The van der Waals surface area contributed by atoms with Gasteiger partial charge >= 0.3 is 5.97 Å². The summed E-state index contributed by atoms with van der Waals surface area (Å²) < 4.78 is 5.58. The Hall–Kier alpha value is -2.48. The molecule has 8 heteroatoms. The van der Waals surface area contributed by atoms with E-state index in [4.69, 9.17) is 9.84 Å². The minimum atomic E-state index is -1.32. The maximum absolute atomic E-state index is 12.6. The summed E-state index contributed by atoms with van der Waals surface area (Å²) in [5.74, 6) is -1.51. The van der Waals surface area contributed by atoms with Crippen molar-refractivity contribution >= 4 is 17.6 Å². The standard InChI is InChI=1S/C15H18N2O6/c1-9(2)13-8-16(3-4-23-13)14(18)10-5-11(15(19)20)7-12(6-10)17(21)22/h5-7,9,13H,3-4,8H2,1-2H3,(H,19,20). The van der Waals surface area contributed by atoms with Crippen LogP contribution in [0.15, 0.2) is 18.2 Å². The number of rotatable bonds is 4. The summed E-state index contributed by atoms with van der Waals surface area (Å²) in [5.41, 5.74) is -0.695. The maximum Gasteiger partial charge on any atom is 0.335 e. The summed E-state index contributed by atoms with van der Waals surface area (Å²) in [4.78, 5) is 35.4. The highest BCUT2D eigenvalue weighted by atomic mass is 16.6. The summed E-state index contributed by atoms with van der Waals surface area (Å²) in [6.45, 7) is 5.09. The van der Waals surface area contributed by atoms with Crippen molar-refractivity contribution in [3.8, 4) is 0 Å². The summed E-state index contributed by atoms with van der Waals surface area (Å²) in [5, 5.41) is 20.0. The predicted molar refractivity (Wildman–Crippen MR) is 80.5 cm³/mol. The number of ether oxygens (including phenoxy) is 1. The lowest BCUT2D eigenvalue weighted by Gasteiger charge is -2.35. The first-order valence-corrected chi connectivity index (χ1v) is 7.23. The van der Waals surface area contributed by atoms with E-state index in [0.29, 0.717) is 19.7 Å². The van der Waals surface area contributed by atoms with E-state index in [1.807, 2.05) is 13.8 Å². The Kier molecular flexibility index (Phi) is 4.95. The van der Waals surface area contributed by atoms with Gasteiger partial charge in [0.1, 0.15) is 0 Å². The molecule has 23 heavy (non-hydrogen) atoms. The molecular weight excluding hydrogens is 304 g/mol. The second kappa shape index (κ2) is 6.74. The molecule has 1 heterocycles. The van der Waals surface area contributed by atoms with Gasteiger partial charge in [0.25, 0.3) is 11.6 Å². The summed E-state index contributed by atoms with van der Waals surface area (Å²) in [7, 11) is 0. The van der Waals surface area contributed by atoms with Crippen molar-refractivity contribution in [1.82, 2.24) is 4.90 Å². The molecular formula is C15H18N2O6. The number of morpholine rings is 1. The summed E-state index contributed by atoms with van der Waals surface area (Å²) >= 11 is 0. The van der Waals surface area contributed by atoms with Gasteiger partial charge in [-0.1, -0.05) is 13.8 Å². The normalized spacial score (nSPS) is 18.0. The number of carbonyl (C=O) groups excluding carboxylic acids is 1. The molecule has 1 aliphatic heterocycles. The number of carboxylic acid groups (broad SMARTS) is 1. The fourth-order valence-corrected chi connectivity index (χ4v) is 2.41. The molecule has 0 bridgehead atoms. The third-order valence-electron chi connectivity index (χ3n) is 3.75. The number of nitro benzene ring substituents is 1. The van der Waals surface area contributed by atoms with E-state index in [2.05, 4.69) is 0 Å². The number of hydrogen-bond donors (Lipinski definition) is 1. The van der Waals surface area contributed by atoms with Gasteiger partial charge in [-0.05, 0) is 12.0 Å². The molecule has 1 saturated heterocycles. The minimum absolute atomic E-state index is 0.000932. The average Bonchev–Trinajstić information content (AvgIpc) is 2.53. The van der Waals surface area contributed by atoms with E-state index in [1.54, 1.807) is 4.90 Å². The summed E-state index contributed by atoms with van der Waals surface area (Å²) in [6, 6.07) is 3.21. The number of aromatic carboxylic acids is 1. The van der Waals surface area contributed by atoms with Crippen molar-refractivity contribution in [3.63, 3.8) is 0 Å². The number of nitrogens with zero attached hydrogens (tertiary/aromatic N) is 2. The van der Waals surface area contributed by atoms with Gasteiger partial charge in [-0.15, -0.1) is 0 Å². The van der Waals surface area contributed by atoms with Crippen LogP contribution in [0.3, 0.4) is 0 Å². The van der Waals surface area contributed by atoms with Crippen molar-refractivity contribution < 1.29 is 24.4 Å². The molecule has 1 unspecified atom stereocenters. The van der Waals surface area contributed by atoms with Gasteiger partial charge in [0.2, 0.25) is 0 Å². The molecule has 1 fully saturated rings. The molecule has 0 aliphatic carbocycles. The molecule has 1 amide bonds. The average molecular weight is 322 g/mol. The first kappa shape index (κ1) is 16.9. The van der Waals surface area contributed by atoms with Gasteiger partial charge in [0.05, 0.1) is 23.2 Å². The van der Waals surface area contributed by atoms with E-state index in [-0.39, 0.29) is 23.1 Å². The number of carboxylic acids is 1. The molecule has 2 rings (SSSR count). The van der Waals surface area contributed by atoms with Gasteiger partial charge in [-0.25, -0.2) is 4.79 Å². The number of amides is 1. The largest absolute Gasteiger partial charge is 0.478 e. The first-order valence-electron chi connectivity index (χ1n) is 7.23. The van der Waals surface area contributed by atoms with Crippen molar-refractivity contribution in [3.05, 3.63) is 39.4 Å². The van der Waals surface area contributed by atoms with Gasteiger partial charge in [0, 0.05) is 30.8 Å². The van der Waals surface area contributed by atoms with Gasteiger partial charge in [-0.3, -0.25) is 14.9 Å². The molecule has 1 N–H and O–H groups in total. The van der Waals surface area contributed by atoms with Crippen LogP contribution in [0, 0.1) is 16.0 Å². The van der Waals surface area contributed by atoms with Crippen LogP contribution in [0.1, 0.15) is 34.6 Å². The fourth-order valence-electron chi connectivity index (χ4n) is 2.41. The van der Waals surface area contributed by atoms with Gasteiger partial charge in [-0.2, -0.15) is 0 Å². The Balaban J connectivity index is 2.31. The van der Waals surface area contributed by atoms with E-state index in [0.717, 1.165) is 18.2 Å². The van der Waals surface area contributed by atoms with Crippen LogP contribution < -0.4 is 0 Å². The van der Waals surface area contributed by atoms with Crippen molar-refractivity contribution in [2.24, 2.45) is 5.92 Å². The lowest BCUT2D eigenvalue weighted by Crippen LogP contribution is -2.47. The number of nitro groups is 1. The zero-order chi connectivity index (χ0) is 17.1. The van der Waals surface area contributed by atoms with Crippen LogP contribution in [0.4, 0.5) is 5.69 Å². The Labute approximate surface area is 132 Å². The monoisotopic (exact) mass is 322 g/mol. The van der Waals surface area contributed by atoms with Crippen LogP contribution in [-0.4, -0.2) is 52.6 Å². The Morgan fingerprint density at radius 1 is 1.35 bits per heavy atom. The van der Waals surface area contributed by atoms with Crippen LogP contribution in [-0.2, 0) is 4.74 Å². The van der Waals surface area contributed by atoms with E-state index in [1.165, 1.54) is 0 Å². The molecule has 1 aliphatic rings. The summed E-state index contributed by atoms with van der Waals surface area (Å²) in [6.07, 6.45) is -0.106. The predicted octanol–water partition coefficient (Wildman–Crippen LogP) is 1.79. The van der Waals surface area contributed by atoms with Gasteiger partial charge in [0.15, 0.2) is 0 Å². The molecule has 0 saturated carbocycles. The topological polar surface area (TPSA) is 110 Å². The third-order valence-corrected chi connectivity index (χ3v) is 3.75. The quantitative estimate of drug-likeness (QED) is 0.668. The van der Waals surface area contributed by atoms with Gasteiger partial charge < -0.3 is 14.7 Å². The Morgan fingerprint density at radius 3 is 2.57 bits per heavy atom. The second-order valence-corrected chi connectivity index (χ2v) is 5.74. The number of carbonyl (C=O) groups is 2. The molecule has 1 aromatic rings. The number of hydrogen-bond acceptors (Lipinski definition) is 5. The SMILES string of the molecule is CC(C)C1CN(C(=O)c2cc(C(=O)O)cc([N+](=O)[O-])c2)CCO1. The molecule has 1 atom stereocenters. The Bertz CT molecular complexity index is 611. The van der Waals surface area contributed by atoms with Crippen LogP contribution in [0.25, 0.3) is 0 Å². The third kappa shape index (κ3) is 3.84. The molecule has 0 aromatic heterocycles. The first-order chi connectivity index (χ1) is 10.8. The highest BCUT2D eigenvalue weighted by Gasteiger charge is 2.28. The number of benzene rings is 1. The molecule has 1 aromatic carbocycles. The minimum Gasteiger partial charge on any atom is -0.478 e. The molecule has 124 valence electrons. The number of non-ortho nitro benzene ring substituents is 1. The van der Waals surface area contributed by atoms with Crippen LogP contribution in [0.5, 0.6) is 0 Å². The molecule has 0 radical (unpaired) electrons. The van der Waals surface area contributed by atoms with Crippen molar-refractivity contribution in [2.45, 2.75) is 20.0 Å². The molecule has 8 nitrogen and oxygen atoms in total. The van der Waals surface area contributed by atoms with Crippen LogP contribution in [0.2, 0.25) is 0 Å². The van der Waals surface area contributed by atoms with Crippen LogP contribution >= 0.6 is 0 Å². The lowest BCUT2D eigenvalue weighted by molar-refractivity contribution is -0.384. The van der Waals surface area contributed by atoms with E-state index < -0.39 is 22.5 Å². The van der Waals surface area contributed by atoms with E-state index in [9.17, 15) is 19.7 Å². The Morgan fingerprint density at radius 2 is 2.00 bits per heavy atom. The highest BCUT2D eigenvalue weighted by molar-refractivity contribution is 5.98. The zero-order valence-electron chi connectivity index (χ0n) is 12.9. The zero-order valence-corrected chi connectivity index (χ0v) is 12.9. The van der Waals surface area contributed by atoms with Crippen molar-refractivity contribution in [2.75, 3.05) is 19.7 Å². The highest BCUT2D eigenvalue weighted by Crippen LogP contribution is 2.21. The molecule has 0 spiro atoms. The smallest absolute Gasteiger partial charge is 0.335 e. The van der Waals surface area contributed by atoms with Crippen molar-refractivity contribution in [1.29, 1.82) is 0 Å². The maximum atomic E-state index is 12.6.